The van der Waals surface area contributed by atoms with E-state index < -0.39 is 11.6 Å². The molecule has 15 heavy (non-hydrogen) atoms. The van der Waals surface area contributed by atoms with Gasteiger partial charge in [0.2, 0.25) is 0 Å². The Bertz CT molecular complexity index is 342. The second-order valence-corrected chi connectivity index (χ2v) is 4.02. The van der Waals surface area contributed by atoms with Crippen molar-refractivity contribution in [3.63, 3.8) is 0 Å². The first-order chi connectivity index (χ1) is 6.40. The van der Waals surface area contributed by atoms with Gasteiger partial charge in [-0.3, -0.25) is 0 Å². The van der Waals surface area contributed by atoms with Gasteiger partial charge in [0.05, 0.1) is 0 Å². The number of phenols is 1. The molecule has 0 aliphatic rings. The molecule has 4 heteroatoms. The van der Waals surface area contributed by atoms with E-state index in [9.17, 15) is 9.90 Å². The zero-order chi connectivity index (χ0) is 10.8. The summed E-state index contributed by atoms with van der Waals surface area (Å²) in [6.45, 7) is 5.35. The first-order valence-corrected chi connectivity index (χ1v) is 4.41. The summed E-state index contributed by atoms with van der Waals surface area (Å²) in [6, 6.07) is 6.32. The number of rotatable bonds is 1. The predicted molar refractivity (Wildman–Crippen MR) is 53.3 cm³/mol. The van der Waals surface area contributed by atoms with Gasteiger partial charge in [-0.15, -0.1) is 0 Å². The predicted octanol–water partition coefficient (Wildman–Crippen LogP) is 2.35. The molecule has 1 aromatic carbocycles. The van der Waals surface area contributed by atoms with Crippen LogP contribution in [-0.4, -0.2) is 16.7 Å². The molecule has 85 valence electrons. The number of aromatic hydroxyl groups is 1. The molecule has 0 atom stereocenters. The quantitative estimate of drug-likeness (QED) is 0.781. The van der Waals surface area contributed by atoms with Crippen LogP contribution in [-0.2, 0) is 21.5 Å². The number of phenolic OH excluding ortho intramolecular Hbond substituents is 1. The maximum Gasteiger partial charge on any atom is 0.342 e. The van der Waals surface area contributed by atoms with E-state index in [2.05, 4.69) is 0 Å². The third-order valence-electron chi connectivity index (χ3n) is 1.52. The molecule has 0 heterocycles. The molecule has 0 saturated carbocycles. The minimum Gasteiger partial charge on any atom is -0.507 e. The first kappa shape index (κ1) is 14.0. The number of carbonyl (C=O) groups excluding carboxylic acids is 1. The Morgan fingerprint density at radius 2 is 1.80 bits per heavy atom. The van der Waals surface area contributed by atoms with Crippen LogP contribution >= 0.6 is 0 Å². The van der Waals surface area contributed by atoms with Crippen LogP contribution in [0.4, 0.5) is 0 Å². The normalized spacial score (nSPS) is 10.3. The molecular weight excluding hydrogens is 239 g/mol. The van der Waals surface area contributed by atoms with Gasteiger partial charge in [0.15, 0.2) is 0 Å². The number of ether oxygens (including phenoxy) is 1. The van der Waals surface area contributed by atoms with Gasteiger partial charge in [-0.2, -0.15) is 0 Å². The van der Waals surface area contributed by atoms with Crippen molar-refractivity contribution in [2.24, 2.45) is 0 Å². The van der Waals surface area contributed by atoms with E-state index in [1.165, 1.54) is 12.1 Å². The molecule has 1 aromatic rings. The maximum atomic E-state index is 11.5. The van der Waals surface area contributed by atoms with Gasteiger partial charge in [0.25, 0.3) is 0 Å². The average Bonchev–Trinajstić information content (AvgIpc) is 2.01. The summed E-state index contributed by atoms with van der Waals surface area (Å²) in [5.74, 6) is -0.558. The van der Waals surface area contributed by atoms with Gasteiger partial charge < -0.3 is 9.84 Å². The summed E-state index contributed by atoms with van der Waals surface area (Å²) in [5.41, 5.74) is -0.346. The van der Waals surface area contributed by atoms with Crippen molar-refractivity contribution in [1.29, 1.82) is 0 Å². The molecule has 0 fully saturated rings. The molecule has 0 unspecified atom stereocenters. The van der Waals surface area contributed by atoms with Crippen molar-refractivity contribution in [2.45, 2.75) is 26.4 Å². The second kappa shape index (κ2) is 5.18. The van der Waals surface area contributed by atoms with Crippen LogP contribution in [0.2, 0.25) is 0 Å². The van der Waals surface area contributed by atoms with Crippen molar-refractivity contribution in [3.05, 3.63) is 29.8 Å². The van der Waals surface area contributed by atoms with Crippen LogP contribution in [0, 0.1) is 0 Å². The number of para-hydroxylation sites is 1. The largest absolute Gasteiger partial charge is 0.507 e. The number of esters is 1. The van der Waals surface area contributed by atoms with Crippen molar-refractivity contribution in [2.75, 3.05) is 0 Å². The fourth-order valence-electron chi connectivity index (χ4n) is 0.979. The molecule has 0 aliphatic heterocycles. The standard InChI is InChI=1S/C11H14O3.Co/c1-11(2,3)14-10(13)8-6-4-5-7-9(8)12;/h4-7,12H,1-3H3;. The SMILES string of the molecule is CC(C)(C)OC(=O)c1ccccc1O.[Co]. The summed E-state index contributed by atoms with van der Waals surface area (Å²) in [4.78, 5) is 11.5. The zero-order valence-electron chi connectivity index (χ0n) is 8.91. The van der Waals surface area contributed by atoms with Crippen LogP contribution in [0.3, 0.4) is 0 Å². The van der Waals surface area contributed by atoms with Crippen LogP contribution in [0.5, 0.6) is 5.75 Å². The van der Waals surface area contributed by atoms with Crippen molar-refractivity contribution in [1.82, 2.24) is 0 Å². The summed E-state index contributed by atoms with van der Waals surface area (Å²) in [5, 5.41) is 9.38. The number of benzene rings is 1. The van der Waals surface area contributed by atoms with E-state index in [1.807, 2.05) is 0 Å². The van der Waals surface area contributed by atoms with Gasteiger partial charge in [0, 0.05) is 16.8 Å². The zero-order valence-corrected chi connectivity index (χ0v) is 9.95. The molecule has 1 N–H and O–H groups in total. The van der Waals surface area contributed by atoms with E-state index >= 15 is 0 Å². The van der Waals surface area contributed by atoms with Crippen LogP contribution < -0.4 is 0 Å². The van der Waals surface area contributed by atoms with E-state index in [-0.39, 0.29) is 28.1 Å². The van der Waals surface area contributed by atoms with Gasteiger partial charge in [-0.1, -0.05) is 12.1 Å². The fourth-order valence-corrected chi connectivity index (χ4v) is 0.979. The summed E-state index contributed by atoms with van der Waals surface area (Å²) >= 11 is 0. The maximum absolute atomic E-state index is 11.5. The third-order valence-corrected chi connectivity index (χ3v) is 1.52. The molecule has 0 spiro atoms. The smallest absolute Gasteiger partial charge is 0.342 e. The van der Waals surface area contributed by atoms with Crippen LogP contribution in [0.15, 0.2) is 24.3 Å². The first-order valence-electron chi connectivity index (χ1n) is 4.41. The molecule has 0 amide bonds. The van der Waals surface area contributed by atoms with E-state index in [0.717, 1.165) is 0 Å². The van der Waals surface area contributed by atoms with E-state index in [1.54, 1.807) is 32.9 Å². The molecule has 1 rings (SSSR count). The monoisotopic (exact) mass is 253 g/mol. The topological polar surface area (TPSA) is 46.5 Å². The van der Waals surface area contributed by atoms with Gasteiger partial charge >= 0.3 is 5.97 Å². The Labute approximate surface area is 99.6 Å². The van der Waals surface area contributed by atoms with Crippen LogP contribution in [0.1, 0.15) is 31.1 Å². The minimum absolute atomic E-state index is 0. The van der Waals surface area contributed by atoms with Gasteiger partial charge in [-0.25, -0.2) is 4.79 Å². The number of hydrogen-bond acceptors (Lipinski definition) is 3. The van der Waals surface area contributed by atoms with Crippen molar-refractivity contribution >= 4 is 5.97 Å². The Morgan fingerprint density at radius 3 is 2.27 bits per heavy atom. The third kappa shape index (κ3) is 4.35. The molecule has 3 nitrogen and oxygen atoms in total. The molecule has 0 aliphatic carbocycles. The Morgan fingerprint density at radius 1 is 1.27 bits per heavy atom. The molecule has 1 radical (unpaired) electrons. The molecular formula is C11H14CoO3. The van der Waals surface area contributed by atoms with Gasteiger partial charge in [0.1, 0.15) is 16.9 Å². The second-order valence-electron chi connectivity index (χ2n) is 4.02. The van der Waals surface area contributed by atoms with E-state index in [0.29, 0.717) is 0 Å². The Balaban J connectivity index is 0.00000196. The summed E-state index contributed by atoms with van der Waals surface area (Å²) < 4.78 is 5.11. The molecule has 0 saturated heterocycles. The van der Waals surface area contributed by atoms with Crippen molar-refractivity contribution in [3.8, 4) is 5.75 Å². The summed E-state index contributed by atoms with van der Waals surface area (Å²) in [7, 11) is 0. The minimum atomic E-state index is -0.542. The van der Waals surface area contributed by atoms with Crippen LogP contribution in [0.25, 0.3) is 0 Å². The molecule has 0 aromatic heterocycles. The Hall–Kier alpha value is -1.00. The molecule has 0 bridgehead atoms. The average molecular weight is 253 g/mol. The Kier molecular flexibility index (Phi) is 4.84. The van der Waals surface area contributed by atoms with Crippen molar-refractivity contribution < 1.29 is 31.4 Å². The number of carbonyl (C=O) groups is 1. The van der Waals surface area contributed by atoms with E-state index in [4.69, 9.17) is 4.74 Å². The number of hydrogen-bond donors (Lipinski definition) is 1. The summed E-state index contributed by atoms with van der Waals surface area (Å²) in [6.07, 6.45) is 0. The van der Waals surface area contributed by atoms with Gasteiger partial charge in [-0.05, 0) is 32.9 Å². The fraction of sp³-hybridized carbons (Fsp3) is 0.364.